The minimum atomic E-state index is -0.0452. The van der Waals surface area contributed by atoms with Gasteiger partial charge in [-0.1, -0.05) is 13.8 Å². The van der Waals surface area contributed by atoms with Crippen LogP contribution in [0.3, 0.4) is 0 Å². The van der Waals surface area contributed by atoms with Crippen molar-refractivity contribution in [3.05, 3.63) is 12.5 Å². The summed E-state index contributed by atoms with van der Waals surface area (Å²) in [6.07, 6.45) is 4.32. The first-order valence-corrected chi connectivity index (χ1v) is 4.38. The number of oxazole rings is 1. The van der Waals surface area contributed by atoms with Crippen LogP contribution in [0.5, 0.6) is 0 Å². The molecule has 0 radical (unpaired) electrons. The second-order valence-electron chi connectivity index (χ2n) is 3.32. The molecule has 0 aliphatic carbocycles. The van der Waals surface area contributed by atoms with Gasteiger partial charge in [-0.15, -0.1) is 0 Å². The summed E-state index contributed by atoms with van der Waals surface area (Å²) in [5.41, 5.74) is 0. The summed E-state index contributed by atoms with van der Waals surface area (Å²) in [6, 6.07) is 0.272. The molecular weight excluding hydrogens is 168 g/mol. The number of hydrogen-bond acceptors (Lipinski definition) is 3. The Morgan fingerprint density at radius 2 is 2.46 bits per heavy atom. The number of aromatic nitrogens is 1. The Labute approximate surface area is 77.3 Å². The molecule has 0 aliphatic heterocycles. The average Bonchev–Trinajstić information content (AvgIpc) is 2.53. The van der Waals surface area contributed by atoms with E-state index < -0.39 is 0 Å². The molecule has 0 atom stereocenters. The maximum atomic E-state index is 11.2. The first kappa shape index (κ1) is 9.77. The molecule has 0 aromatic carbocycles. The SMILES string of the molecule is CC(C)CCC(=O)Nc1ncco1. The Balaban J connectivity index is 2.26. The third kappa shape index (κ3) is 3.73. The van der Waals surface area contributed by atoms with Crippen molar-refractivity contribution < 1.29 is 9.21 Å². The third-order valence-corrected chi connectivity index (χ3v) is 1.63. The lowest BCUT2D eigenvalue weighted by molar-refractivity contribution is -0.116. The van der Waals surface area contributed by atoms with E-state index in [0.717, 1.165) is 6.42 Å². The highest BCUT2D eigenvalue weighted by atomic mass is 16.4. The molecule has 0 saturated carbocycles. The van der Waals surface area contributed by atoms with Gasteiger partial charge in [0.15, 0.2) is 0 Å². The van der Waals surface area contributed by atoms with Crippen LogP contribution in [-0.4, -0.2) is 10.9 Å². The smallest absolute Gasteiger partial charge is 0.301 e. The van der Waals surface area contributed by atoms with E-state index in [1.54, 1.807) is 0 Å². The van der Waals surface area contributed by atoms with E-state index in [9.17, 15) is 4.79 Å². The van der Waals surface area contributed by atoms with Gasteiger partial charge in [0, 0.05) is 6.42 Å². The molecule has 1 N–H and O–H groups in total. The van der Waals surface area contributed by atoms with Crippen LogP contribution in [0, 0.1) is 5.92 Å². The molecule has 0 saturated heterocycles. The van der Waals surface area contributed by atoms with Crippen molar-refractivity contribution >= 4 is 11.9 Å². The first-order chi connectivity index (χ1) is 6.18. The normalized spacial score (nSPS) is 10.4. The monoisotopic (exact) mass is 182 g/mol. The number of hydrogen-bond donors (Lipinski definition) is 1. The Morgan fingerprint density at radius 1 is 1.69 bits per heavy atom. The summed E-state index contributed by atoms with van der Waals surface area (Å²) in [6.45, 7) is 4.16. The van der Waals surface area contributed by atoms with Crippen LogP contribution in [0.25, 0.3) is 0 Å². The molecule has 0 bridgehead atoms. The highest BCUT2D eigenvalue weighted by Gasteiger charge is 2.05. The molecular formula is C9H14N2O2. The lowest BCUT2D eigenvalue weighted by Gasteiger charge is -2.02. The maximum absolute atomic E-state index is 11.2. The minimum absolute atomic E-state index is 0.0452. The lowest BCUT2D eigenvalue weighted by Crippen LogP contribution is -2.12. The number of carbonyl (C=O) groups is 1. The topological polar surface area (TPSA) is 55.1 Å². The number of rotatable bonds is 4. The fourth-order valence-electron chi connectivity index (χ4n) is 0.887. The third-order valence-electron chi connectivity index (χ3n) is 1.63. The van der Waals surface area contributed by atoms with Gasteiger partial charge in [-0.2, -0.15) is 0 Å². The predicted molar refractivity (Wildman–Crippen MR) is 49.2 cm³/mol. The quantitative estimate of drug-likeness (QED) is 0.775. The van der Waals surface area contributed by atoms with Crippen LogP contribution in [0.4, 0.5) is 6.01 Å². The van der Waals surface area contributed by atoms with Crippen molar-refractivity contribution in [2.75, 3.05) is 5.32 Å². The van der Waals surface area contributed by atoms with E-state index in [-0.39, 0.29) is 11.9 Å². The first-order valence-electron chi connectivity index (χ1n) is 4.38. The van der Waals surface area contributed by atoms with Crippen molar-refractivity contribution in [1.29, 1.82) is 0 Å². The summed E-state index contributed by atoms with van der Waals surface area (Å²) in [5.74, 6) is 0.492. The lowest BCUT2D eigenvalue weighted by atomic mass is 10.1. The van der Waals surface area contributed by atoms with Gasteiger partial charge in [-0.05, 0) is 12.3 Å². The van der Waals surface area contributed by atoms with Gasteiger partial charge < -0.3 is 4.42 Å². The standard InChI is InChI=1S/C9H14N2O2/c1-7(2)3-4-8(12)11-9-10-5-6-13-9/h5-7H,3-4H2,1-2H3,(H,10,11,12). The number of amides is 1. The molecule has 1 aromatic heterocycles. The van der Waals surface area contributed by atoms with Crippen LogP contribution in [-0.2, 0) is 4.79 Å². The van der Waals surface area contributed by atoms with Gasteiger partial charge in [0.1, 0.15) is 6.26 Å². The van der Waals surface area contributed by atoms with Crippen LogP contribution in [0.15, 0.2) is 16.9 Å². The number of nitrogens with one attached hydrogen (secondary N) is 1. The van der Waals surface area contributed by atoms with E-state index in [1.807, 2.05) is 0 Å². The molecule has 1 rings (SSSR count). The second-order valence-corrected chi connectivity index (χ2v) is 3.32. The Hall–Kier alpha value is -1.32. The fourth-order valence-corrected chi connectivity index (χ4v) is 0.887. The highest BCUT2D eigenvalue weighted by molar-refractivity contribution is 5.88. The van der Waals surface area contributed by atoms with Crippen LogP contribution < -0.4 is 5.32 Å². The fraction of sp³-hybridized carbons (Fsp3) is 0.556. The molecule has 0 unspecified atom stereocenters. The van der Waals surface area contributed by atoms with Gasteiger partial charge in [-0.3, -0.25) is 10.1 Å². The molecule has 4 nitrogen and oxygen atoms in total. The van der Waals surface area contributed by atoms with Gasteiger partial charge in [0.05, 0.1) is 6.20 Å². The average molecular weight is 182 g/mol. The zero-order valence-electron chi connectivity index (χ0n) is 7.91. The summed E-state index contributed by atoms with van der Waals surface area (Å²) < 4.78 is 4.87. The number of anilines is 1. The van der Waals surface area contributed by atoms with E-state index in [0.29, 0.717) is 12.3 Å². The molecule has 13 heavy (non-hydrogen) atoms. The van der Waals surface area contributed by atoms with E-state index in [2.05, 4.69) is 24.1 Å². The number of nitrogens with zero attached hydrogens (tertiary/aromatic N) is 1. The summed E-state index contributed by atoms with van der Waals surface area (Å²) in [7, 11) is 0. The highest BCUT2D eigenvalue weighted by Crippen LogP contribution is 2.06. The minimum Gasteiger partial charge on any atom is -0.432 e. The van der Waals surface area contributed by atoms with Crippen LogP contribution >= 0.6 is 0 Å². The zero-order chi connectivity index (χ0) is 9.68. The molecule has 0 spiro atoms. The number of carbonyl (C=O) groups excluding carboxylic acids is 1. The molecule has 0 fully saturated rings. The molecule has 1 amide bonds. The van der Waals surface area contributed by atoms with E-state index in [1.165, 1.54) is 12.5 Å². The largest absolute Gasteiger partial charge is 0.432 e. The zero-order valence-corrected chi connectivity index (χ0v) is 7.91. The molecule has 72 valence electrons. The molecule has 4 heteroatoms. The van der Waals surface area contributed by atoms with Gasteiger partial charge in [-0.25, -0.2) is 4.98 Å². The van der Waals surface area contributed by atoms with Crippen LogP contribution in [0.1, 0.15) is 26.7 Å². The van der Waals surface area contributed by atoms with Gasteiger partial charge >= 0.3 is 6.01 Å². The van der Waals surface area contributed by atoms with Crippen molar-refractivity contribution in [2.45, 2.75) is 26.7 Å². The van der Waals surface area contributed by atoms with E-state index in [4.69, 9.17) is 4.42 Å². The molecule has 1 aromatic rings. The molecule has 0 aliphatic rings. The Bertz CT molecular complexity index is 255. The Kier molecular flexibility index (Phi) is 3.49. The van der Waals surface area contributed by atoms with Crippen molar-refractivity contribution in [2.24, 2.45) is 5.92 Å². The summed E-state index contributed by atoms with van der Waals surface area (Å²) in [5, 5.41) is 2.56. The van der Waals surface area contributed by atoms with Crippen molar-refractivity contribution in [3.8, 4) is 0 Å². The van der Waals surface area contributed by atoms with Crippen molar-refractivity contribution in [3.63, 3.8) is 0 Å². The van der Waals surface area contributed by atoms with Gasteiger partial charge in [0.2, 0.25) is 5.91 Å². The molecule has 1 heterocycles. The Morgan fingerprint density at radius 3 is 3.00 bits per heavy atom. The maximum Gasteiger partial charge on any atom is 0.301 e. The van der Waals surface area contributed by atoms with Crippen LogP contribution in [0.2, 0.25) is 0 Å². The summed E-state index contributed by atoms with van der Waals surface area (Å²) >= 11 is 0. The van der Waals surface area contributed by atoms with Crippen molar-refractivity contribution in [1.82, 2.24) is 4.98 Å². The second kappa shape index (κ2) is 4.64. The predicted octanol–water partition coefficient (Wildman–Crippen LogP) is 2.05. The van der Waals surface area contributed by atoms with E-state index >= 15 is 0 Å². The van der Waals surface area contributed by atoms with Gasteiger partial charge in [0.25, 0.3) is 0 Å². The summed E-state index contributed by atoms with van der Waals surface area (Å²) in [4.78, 5) is 15.0.